The molecule has 0 aromatic heterocycles. The summed E-state index contributed by atoms with van der Waals surface area (Å²) in [5.74, 6) is 2.00. The number of ether oxygens (including phenoxy) is 1. The van der Waals surface area contributed by atoms with E-state index < -0.39 is 0 Å². The van der Waals surface area contributed by atoms with Gasteiger partial charge in [0, 0.05) is 11.8 Å². The second-order valence-corrected chi connectivity index (χ2v) is 7.13. The van der Waals surface area contributed by atoms with Crippen LogP contribution in [0.2, 0.25) is 0 Å². The van der Waals surface area contributed by atoms with Gasteiger partial charge in [-0.3, -0.25) is 4.79 Å². The van der Waals surface area contributed by atoms with Crippen molar-refractivity contribution in [1.82, 2.24) is 0 Å². The predicted molar refractivity (Wildman–Crippen MR) is 90.4 cm³/mol. The predicted octanol–water partition coefficient (Wildman–Crippen LogP) is 4.54. The Bertz CT molecular complexity index is 448. The molecule has 1 aliphatic heterocycles. The summed E-state index contributed by atoms with van der Waals surface area (Å²) in [7, 11) is 0. The fourth-order valence-electron chi connectivity index (χ4n) is 4.78. The highest BCUT2D eigenvalue weighted by atomic mass is 16.5. The lowest BCUT2D eigenvalue weighted by Crippen LogP contribution is -2.53. The molecular weight excluding hydrogens is 272 g/mol. The van der Waals surface area contributed by atoms with Gasteiger partial charge in [-0.1, -0.05) is 19.4 Å². The van der Waals surface area contributed by atoms with Crippen LogP contribution >= 0.6 is 0 Å². The molecule has 3 aliphatic rings. The summed E-state index contributed by atoms with van der Waals surface area (Å²) in [6.07, 6.45) is 20.1. The third-order valence-electron chi connectivity index (χ3n) is 6.14. The molecule has 3 fully saturated rings. The molecule has 122 valence electrons. The van der Waals surface area contributed by atoms with E-state index in [1.807, 2.05) is 13.0 Å². The summed E-state index contributed by atoms with van der Waals surface area (Å²) >= 11 is 0. The Kier molecular flexibility index (Phi) is 5.87. The molecule has 2 saturated carbocycles. The molecule has 0 aromatic rings. The van der Waals surface area contributed by atoms with Crippen molar-refractivity contribution in [3.05, 3.63) is 11.6 Å². The molecule has 22 heavy (non-hydrogen) atoms. The third kappa shape index (κ3) is 3.15. The largest absolute Gasteiger partial charge is 0.377 e. The van der Waals surface area contributed by atoms with Crippen molar-refractivity contribution in [2.75, 3.05) is 6.61 Å². The summed E-state index contributed by atoms with van der Waals surface area (Å²) in [6, 6.07) is 0. The van der Waals surface area contributed by atoms with Gasteiger partial charge in [-0.05, 0) is 62.9 Å². The van der Waals surface area contributed by atoms with Gasteiger partial charge >= 0.3 is 0 Å². The van der Waals surface area contributed by atoms with Crippen LogP contribution in [-0.4, -0.2) is 18.5 Å². The molecule has 0 bridgehead atoms. The van der Waals surface area contributed by atoms with Gasteiger partial charge in [0.25, 0.3) is 0 Å². The summed E-state index contributed by atoms with van der Waals surface area (Å²) in [6.45, 7) is 5.16. The van der Waals surface area contributed by atoms with Crippen LogP contribution in [0.15, 0.2) is 11.6 Å². The van der Waals surface area contributed by atoms with Crippen LogP contribution in [-0.2, 0) is 9.53 Å². The van der Waals surface area contributed by atoms with Crippen LogP contribution in [0.25, 0.3) is 0 Å². The van der Waals surface area contributed by atoms with Crippen molar-refractivity contribution in [1.29, 1.82) is 0 Å². The van der Waals surface area contributed by atoms with E-state index in [4.69, 9.17) is 4.74 Å². The van der Waals surface area contributed by atoms with Crippen LogP contribution in [0.5, 0.6) is 0 Å². The molecule has 0 N–H and O–H groups in total. The molecule has 1 saturated heterocycles. The molecule has 2 heteroatoms. The first kappa shape index (κ1) is 17.3. The summed E-state index contributed by atoms with van der Waals surface area (Å²) in [4.78, 5) is 11.6. The molecule has 0 aromatic carbocycles. The first-order valence-electron chi connectivity index (χ1n) is 8.85. The molecule has 4 unspecified atom stereocenters. The molecule has 2 aliphatic carbocycles. The van der Waals surface area contributed by atoms with Crippen LogP contribution in [0, 0.1) is 30.1 Å². The quantitative estimate of drug-likeness (QED) is 0.550. The van der Waals surface area contributed by atoms with Gasteiger partial charge in [0.1, 0.15) is 0 Å². The fourth-order valence-corrected chi connectivity index (χ4v) is 4.78. The Balaban J connectivity index is 0.000000847. The van der Waals surface area contributed by atoms with E-state index in [9.17, 15) is 4.79 Å². The van der Waals surface area contributed by atoms with Crippen molar-refractivity contribution in [2.45, 2.75) is 71.3 Å². The lowest BCUT2D eigenvalue weighted by Gasteiger charge is -2.52. The maximum atomic E-state index is 11.6. The van der Waals surface area contributed by atoms with E-state index >= 15 is 0 Å². The first-order chi connectivity index (χ1) is 10.7. The Morgan fingerprint density at radius 2 is 2.00 bits per heavy atom. The van der Waals surface area contributed by atoms with Crippen LogP contribution in [0.4, 0.5) is 0 Å². The summed E-state index contributed by atoms with van der Waals surface area (Å²) in [5.41, 5.74) is 1.95. The van der Waals surface area contributed by atoms with Crippen molar-refractivity contribution >= 4 is 5.78 Å². The number of carbonyl (C=O) groups is 1. The van der Waals surface area contributed by atoms with Crippen molar-refractivity contribution < 1.29 is 9.53 Å². The van der Waals surface area contributed by atoms with Gasteiger partial charge in [-0.25, -0.2) is 0 Å². The lowest BCUT2D eigenvalue weighted by atomic mass is 9.61. The zero-order valence-corrected chi connectivity index (χ0v) is 14.1. The SMILES string of the molecule is C#C.CCC(=O)/C=C(/CC)CC1CCC23COC2CCC3C1. The number of hydrogen-bond acceptors (Lipinski definition) is 2. The monoisotopic (exact) mass is 302 g/mol. The molecule has 0 amide bonds. The van der Waals surface area contributed by atoms with Gasteiger partial charge in [0.05, 0.1) is 12.7 Å². The smallest absolute Gasteiger partial charge is 0.155 e. The Morgan fingerprint density at radius 1 is 1.23 bits per heavy atom. The maximum Gasteiger partial charge on any atom is 0.155 e. The topological polar surface area (TPSA) is 26.3 Å². The second kappa shape index (κ2) is 7.47. The van der Waals surface area contributed by atoms with Gasteiger partial charge < -0.3 is 4.74 Å². The van der Waals surface area contributed by atoms with E-state index in [1.54, 1.807) is 0 Å². The van der Waals surface area contributed by atoms with E-state index in [0.717, 1.165) is 31.3 Å². The standard InChI is InChI=1S/C18H28O2.C2H2/c1-3-13(11-16(19)4-2)9-14-7-8-18-12-20-17(18)6-5-15(18)10-14;1-2/h11,14-15,17H,3-10,12H2,1-2H3;1-2H/b13-11-;. The lowest BCUT2D eigenvalue weighted by molar-refractivity contribution is -0.201. The number of rotatable bonds is 5. The zero-order valence-electron chi connectivity index (χ0n) is 14.1. The van der Waals surface area contributed by atoms with Gasteiger partial charge in [0.2, 0.25) is 0 Å². The van der Waals surface area contributed by atoms with Crippen LogP contribution in [0.1, 0.15) is 65.2 Å². The summed E-state index contributed by atoms with van der Waals surface area (Å²) in [5, 5.41) is 0. The third-order valence-corrected chi connectivity index (χ3v) is 6.14. The minimum atomic E-state index is 0.294. The Labute approximate surface area is 135 Å². The average molecular weight is 302 g/mol. The minimum absolute atomic E-state index is 0.294. The van der Waals surface area contributed by atoms with Crippen molar-refractivity contribution in [3.8, 4) is 12.8 Å². The number of allylic oxidation sites excluding steroid dienone is 2. The number of carbonyl (C=O) groups excluding carboxylic acids is 1. The van der Waals surface area contributed by atoms with E-state index in [0.29, 0.717) is 23.7 Å². The molecule has 3 rings (SSSR count). The average Bonchev–Trinajstić information content (AvgIpc) is 2.79. The normalized spacial score (nSPS) is 36.4. The van der Waals surface area contributed by atoms with E-state index in [-0.39, 0.29) is 0 Å². The molecule has 0 radical (unpaired) electrons. The Morgan fingerprint density at radius 3 is 2.59 bits per heavy atom. The molecule has 1 spiro atoms. The first-order valence-corrected chi connectivity index (χ1v) is 8.85. The molecular formula is C20H30O2. The number of ketones is 1. The van der Waals surface area contributed by atoms with E-state index in [2.05, 4.69) is 19.8 Å². The molecule has 1 heterocycles. The van der Waals surface area contributed by atoms with Gasteiger partial charge in [-0.15, -0.1) is 12.8 Å². The van der Waals surface area contributed by atoms with Gasteiger partial charge in [0.15, 0.2) is 5.78 Å². The van der Waals surface area contributed by atoms with Crippen LogP contribution in [0.3, 0.4) is 0 Å². The molecule has 2 nitrogen and oxygen atoms in total. The maximum absolute atomic E-state index is 11.6. The summed E-state index contributed by atoms with van der Waals surface area (Å²) < 4.78 is 5.76. The van der Waals surface area contributed by atoms with Crippen LogP contribution < -0.4 is 0 Å². The fraction of sp³-hybridized carbons (Fsp3) is 0.750. The van der Waals surface area contributed by atoms with Crippen molar-refractivity contribution in [3.63, 3.8) is 0 Å². The zero-order chi connectivity index (χ0) is 16.2. The highest BCUT2D eigenvalue weighted by Crippen LogP contribution is 2.60. The highest BCUT2D eigenvalue weighted by Gasteiger charge is 2.58. The van der Waals surface area contributed by atoms with Crippen molar-refractivity contribution in [2.24, 2.45) is 17.3 Å². The highest BCUT2D eigenvalue weighted by molar-refractivity contribution is 5.89. The van der Waals surface area contributed by atoms with Gasteiger partial charge in [-0.2, -0.15) is 0 Å². The second-order valence-electron chi connectivity index (χ2n) is 7.13. The number of terminal acetylenes is 1. The molecule has 4 atom stereocenters. The van der Waals surface area contributed by atoms with E-state index in [1.165, 1.54) is 37.7 Å². The number of hydrogen-bond donors (Lipinski definition) is 0. The minimum Gasteiger partial charge on any atom is -0.377 e. The Hall–Kier alpha value is -1.07.